The van der Waals surface area contributed by atoms with Crippen LogP contribution >= 0.6 is 0 Å². The van der Waals surface area contributed by atoms with Crippen LogP contribution in [0, 0.1) is 0 Å². The van der Waals surface area contributed by atoms with Gasteiger partial charge in [0.2, 0.25) is 5.56 Å². The van der Waals surface area contributed by atoms with Crippen molar-refractivity contribution in [1.29, 1.82) is 0 Å². The molecule has 1 amide bonds. The number of pyridine rings is 1. The van der Waals surface area contributed by atoms with E-state index in [-0.39, 0.29) is 11.5 Å². The molecule has 16 heavy (non-hydrogen) atoms. The Hall–Kier alpha value is -1.66. The highest BCUT2D eigenvalue weighted by Crippen LogP contribution is 1.97. The molecule has 0 unspecified atom stereocenters. The average Bonchev–Trinajstić information content (AvgIpc) is 2.30. The fourth-order valence-electron chi connectivity index (χ4n) is 1.47. The van der Waals surface area contributed by atoms with Crippen molar-refractivity contribution in [2.75, 3.05) is 26.3 Å². The van der Waals surface area contributed by atoms with Gasteiger partial charge in [-0.2, -0.15) is 0 Å². The van der Waals surface area contributed by atoms with E-state index in [2.05, 4.69) is 10.4 Å². The third-order valence-corrected chi connectivity index (χ3v) is 2.31. The lowest BCUT2D eigenvalue weighted by Gasteiger charge is -2.26. The first-order valence-electron chi connectivity index (χ1n) is 5.08. The van der Waals surface area contributed by atoms with Crippen molar-refractivity contribution in [3.63, 3.8) is 0 Å². The van der Waals surface area contributed by atoms with Crippen molar-refractivity contribution in [3.05, 3.63) is 34.2 Å². The van der Waals surface area contributed by atoms with Crippen LogP contribution in [0.4, 0.5) is 0 Å². The van der Waals surface area contributed by atoms with E-state index < -0.39 is 0 Å². The molecule has 1 aliphatic rings. The van der Waals surface area contributed by atoms with Crippen LogP contribution in [0.1, 0.15) is 10.4 Å². The number of nitrogens with zero attached hydrogens (tertiary/aromatic N) is 1. The third kappa shape index (κ3) is 2.68. The molecule has 0 aliphatic carbocycles. The number of carbonyl (C=O) groups is 1. The molecule has 86 valence electrons. The van der Waals surface area contributed by atoms with Crippen LogP contribution in [0.3, 0.4) is 0 Å². The maximum Gasteiger partial charge on any atom is 0.265 e. The van der Waals surface area contributed by atoms with Gasteiger partial charge in [-0.1, -0.05) is 0 Å². The number of H-pyrrole nitrogens is 1. The molecule has 6 nitrogen and oxygen atoms in total. The minimum absolute atomic E-state index is 0.270. The summed E-state index contributed by atoms with van der Waals surface area (Å²) in [7, 11) is 0. The van der Waals surface area contributed by atoms with Crippen LogP contribution in [-0.2, 0) is 4.74 Å². The van der Waals surface area contributed by atoms with Gasteiger partial charge in [-0.05, 0) is 6.07 Å². The summed E-state index contributed by atoms with van der Waals surface area (Å²) in [5.74, 6) is -0.270. The Morgan fingerprint density at radius 2 is 2.19 bits per heavy atom. The third-order valence-electron chi connectivity index (χ3n) is 2.31. The zero-order chi connectivity index (χ0) is 11.4. The molecule has 1 saturated heterocycles. The molecular weight excluding hydrogens is 210 g/mol. The topological polar surface area (TPSA) is 74.4 Å². The Morgan fingerprint density at radius 1 is 1.44 bits per heavy atom. The van der Waals surface area contributed by atoms with E-state index in [1.165, 1.54) is 12.3 Å². The van der Waals surface area contributed by atoms with E-state index in [1.54, 1.807) is 11.1 Å². The number of morpholine rings is 1. The van der Waals surface area contributed by atoms with Gasteiger partial charge in [0.05, 0.1) is 13.2 Å². The number of aromatic amines is 1. The fourth-order valence-corrected chi connectivity index (χ4v) is 1.47. The minimum Gasteiger partial charge on any atom is -0.379 e. The lowest BCUT2D eigenvalue weighted by Crippen LogP contribution is -2.48. The molecule has 2 rings (SSSR count). The van der Waals surface area contributed by atoms with Gasteiger partial charge in [0.1, 0.15) is 0 Å². The molecule has 0 saturated carbocycles. The predicted octanol–water partition coefficient (Wildman–Crippen LogP) is -0.648. The maximum atomic E-state index is 11.7. The second-order valence-electron chi connectivity index (χ2n) is 3.48. The summed E-state index contributed by atoms with van der Waals surface area (Å²) in [5, 5.41) is 1.78. The summed E-state index contributed by atoms with van der Waals surface area (Å²) in [6.07, 6.45) is 1.45. The van der Waals surface area contributed by atoms with Crippen LogP contribution in [0.25, 0.3) is 0 Å². The smallest absolute Gasteiger partial charge is 0.265 e. The molecule has 1 aromatic rings. The van der Waals surface area contributed by atoms with Crippen molar-refractivity contribution in [3.8, 4) is 0 Å². The number of hydrogen-bond acceptors (Lipinski definition) is 4. The molecule has 2 heterocycles. The molecule has 0 spiro atoms. The van der Waals surface area contributed by atoms with Crippen molar-refractivity contribution < 1.29 is 9.53 Å². The first-order valence-corrected chi connectivity index (χ1v) is 5.08. The first-order chi connectivity index (χ1) is 7.75. The molecule has 0 aromatic carbocycles. The number of aromatic nitrogens is 1. The van der Waals surface area contributed by atoms with E-state index in [1.807, 2.05) is 0 Å². The Balaban J connectivity index is 1.99. The molecule has 0 radical (unpaired) electrons. The normalized spacial score (nSPS) is 17.0. The highest BCUT2D eigenvalue weighted by molar-refractivity contribution is 5.93. The average molecular weight is 223 g/mol. The SMILES string of the molecule is O=C(NN1CCOCC1)c1cc[nH]c(=O)c1. The highest BCUT2D eigenvalue weighted by Gasteiger charge is 2.14. The fraction of sp³-hybridized carbons (Fsp3) is 0.400. The van der Waals surface area contributed by atoms with Crippen molar-refractivity contribution in [2.45, 2.75) is 0 Å². The van der Waals surface area contributed by atoms with Gasteiger partial charge >= 0.3 is 0 Å². The molecule has 2 N–H and O–H groups in total. The monoisotopic (exact) mass is 223 g/mol. The molecule has 1 fully saturated rings. The molecule has 1 aliphatic heterocycles. The van der Waals surface area contributed by atoms with Gasteiger partial charge in [-0.25, -0.2) is 5.01 Å². The number of rotatable bonds is 2. The van der Waals surface area contributed by atoms with E-state index in [0.29, 0.717) is 31.9 Å². The van der Waals surface area contributed by atoms with E-state index >= 15 is 0 Å². The number of amides is 1. The lowest BCUT2D eigenvalue weighted by molar-refractivity contribution is 0.0126. The molecule has 6 heteroatoms. The zero-order valence-corrected chi connectivity index (χ0v) is 8.73. The standard InChI is InChI=1S/C10H13N3O3/c14-9-7-8(1-2-11-9)10(15)12-13-3-5-16-6-4-13/h1-2,7H,3-6H2,(H,11,14)(H,12,15). The van der Waals surface area contributed by atoms with Gasteiger partial charge in [-0.15, -0.1) is 0 Å². The minimum atomic E-state index is -0.283. The zero-order valence-electron chi connectivity index (χ0n) is 8.73. The number of hydrazine groups is 1. The number of hydrogen-bond donors (Lipinski definition) is 2. The summed E-state index contributed by atoms with van der Waals surface area (Å²) in [6.45, 7) is 2.54. The van der Waals surface area contributed by atoms with Crippen molar-refractivity contribution >= 4 is 5.91 Å². The van der Waals surface area contributed by atoms with Gasteiger partial charge in [-0.3, -0.25) is 15.0 Å². The number of nitrogens with one attached hydrogen (secondary N) is 2. The Morgan fingerprint density at radius 3 is 2.88 bits per heavy atom. The van der Waals surface area contributed by atoms with E-state index in [4.69, 9.17) is 4.74 Å². The summed E-state index contributed by atoms with van der Waals surface area (Å²) < 4.78 is 5.16. The molecule has 1 aromatic heterocycles. The first kappa shape index (κ1) is 10.8. The van der Waals surface area contributed by atoms with Crippen LogP contribution in [0.5, 0.6) is 0 Å². The predicted molar refractivity (Wildman–Crippen MR) is 56.9 cm³/mol. The molecule has 0 atom stereocenters. The van der Waals surface area contributed by atoms with Gasteiger partial charge in [0, 0.05) is 30.9 Å². The summed E-state index contributed by atoms with van der Waals surface area (Å²) >= 11 is 0. The second-order valence-corrected chi connectivity index (χ2v) is 3.48. The molecular formula is C10H13N3O3. The quantitative estimate of drug-likeness (QED) is 0.699. The van der Waals surface area contributed by atoms with Crippen molar-refractivity contribution in [1.82, 2.24) is 15.4 Å². The van der Waals surface area contributed by atoms with Crippen LogP contribution in [0.2, 0.25) is 0 Å². The summed E-state index contributed by atoms with van der Waals surface area (Å²) in [5.41, 5.74) is 2.80. The van der Waals surface area contributed by atoms with Gasteiger partial charge < -0.3 is 9.72 Å². The second kappa shape index (κ2) is 4.91. The summed E-state index contributed by atoms with van der Waals surface area (Å²) in [4.78, 5) is 25.2. The Labute approximate surface area is 92.2 Å². The number of carbonyl (C=O) groups excluding carboxylic acids is 1. The van der Waals surface area contributed by atoms with E-state index in [9.17, 15) is 9.59 Å². The molecule has 0 bridgehead atoms. The Kier molecular flexibility index (Phi) is 3.33. The van der Waals surface area contributed by atoms with Crippen molar-refractivity contribution in [2.24, 2.45) is 0 Å². The maximum absolute atomic E-state index is 11.7. The van der Waals surface area contributed by atoms with Crippen LogP contribution in [-0.4, -0.2) is 42.2 Å². The number of ether oxygens (including phenoxy) is 1. The summed E-state index contributed by atoms with van der Waals surface area (Å²) in [6, 6.07) is 2.84. The Bertz CT molecular complexity index is 423. The van der Waals surface area contributed by atoms with Gasteiger partial charge in [0.15, 0.2) is 0 Å². The lowest BCUT2D eigenvalue weighted by atomic mass is 10.2. The largest absolute Gasteiger partial charge is 0.379 e. The van der Waals surface area contributed by atoms with Gasteiger partial charge in [0.25, 0.3) is 5.91 Å². The van der Waals surface area contributed by atoms with Crippen LogP contribution < -0.4 is 11.0 Å². The van der Waals surface area contributed by atoms with Crippen LogP contribution in [0.15, 0.2) is 23.1 Å². The highest BCUT2D eigenvalue weighted by atomic mass is 16.5. The van der Waals surface area contributed by atoms with E-state index in [0.717, 1.165) is 0 Å².